The van der Waals surface area contributed by atoms with Gasteiger partial charge in [-0.15, -0.1) is 0 Å². The second-order valence-electron chi connectivity index (χ2n) is 11.9. The molecule has 0 aromatic heterocycles. The Labute approximate surface area is 218 Å². The molecule has 2 saturated carbocycles. The van der Waals surface area contributed by atoms with Crippen LogP contribution in [0.3, 0.4) is 0 Å². The minimum Gasteiger partial charge on any atom is -0.504 e. The molecule has 6 heteroatoms. The van der Waals surface area contributed by atoms with Gasteiger partial charge < -0.3 is 19.8 Å². The molecule has 2 heterocycles. The number of phenols is 1. The van der Waals surface area contributed by atoms with Gasteiger partial charge in [0.1, 0.15) is 6.10 Å². The molecule has 1 amide bonds. The number of hydrogen-bond acceptors (Lipinski definition) is 5. The monoisotopic (exact) mass is 498 g/mol. The van der Waals surface area contributed by atoms with Crippen LogP contribution in [0.5, 0.6) is 11.5 Å². The predicted molar refractivity (Wildman–Crippen MR) is 139 cm³/mol. The Morgan fingerprint density at radius 1 is 1.22 bits per heavy atom. The average Bonchev–Trinajstić information content (AvgIpc) is 3.62. The highest BCUT2D eigenvalue weighted by Crippen LogP contribution is 2.66. The lowest BCUT2D eigenvalue weighted by molar-refractivity contribution is -0.199. The molecule has 5 aliphatic rings. The Bertz CT molecular complexity index is 1360. The van der Waals surface area contributed by atoms with Gasteiger partial charge in [0.2, 0.25) is 0 Å². The lowest BCUT2D eigenvalue weighted by Gasteiger charge is -2.64. The molecule has 2 aromatic carbocycles. The molecule has 2 N–H and O–H groups in total. The predicted octanol–water partition coefficient (Wildman–Crippen LogP) is 3.14. The van der Waals surface area contributed by atoms with E-state index >= 15 is 0 Å². The van der Waals surface area contributed by atoms with E-state index in [2.05, 4.69) is 16.7 Å². The van der Waals surface area contributed by atoms with Crippen LogP contribution in [-0.2, 0) is 16.6 Å². The van der Waals surface area contributed by atoms with Crippen LogP contribution >= 0.6 is 0 Å². The summed E-state index contributed by atoms with van der Waals surface area (Å²) in [5.41, 5.74) is 2.48. The number of piperidine rings is 1. The maximum absolute atomic E-state index is 13.3. The van der Waals surface area contributed by atoms with Gasteiger partial charge >= 0.3 is 0 Å². The number of ether oxygens (including phenoxy) is 1. The number of rotatable bonds is 3. The number of likely N-dealkylation sites (tertiary alicyclic amines) is 1. The second kappa shape index (κ2) is 7.99. The van der Waals surface area contributed by atoms with Crippen molar-refractivity contribution in [2.24, 2.45) is 5.92 Å². The van der Waals surface area contributed by atoms with Crippen molar-refractivity contribution in [1.29, 1.82) is 0 Å². The molecule has 0 radical (unpaired) electrons. The molecular weight excluding hydrogens is 464 g/mol. The first-order valence-corrected chi connectivity index (χ1v) is 13.7. The van der Waals surface area contributed by atoms with Gasteiger partial charge in [-0.05, 0) is 87.2 Å². The topological polar surface area (TPSA) is 73.2 Å². The maximum Gasteiger partial charge on any atom is 0.298 e. The maximum atomic E-state index is 13.3. The Balaban J connectivity index is 1.26. The largest absolute Gasteiger partial charge is 0.504 e. The van der Waals surface area contributed by atoms with Crippen LogP contribution in [0.25, 0.3) is 0 Å². The number of amides is 1. The van der Waals surface area contributed by atoms with Crippen molar-refractivity contribution in [2.75, 3.05) is 20.1 Å². The van der Waals surface area contributed by atoms with Crippen LogP contribution < -0.4 is 4.74 Å². The third kappa shape index (κ3) is 3.23. The Morgan fingerprint density at radius 2 is 2.05 bits per heavy atom. The van der Waals surface area contributed by atoms with Crippen molar-refractivity contribution in [1.82, 2.24) is 9.80 Å². The number of aliphatic hydroxyl groups is 1. The molecule has 0 unspecified atom stereocenters. The van der Waals surface area contributed by atoms with Crippen LogP contribution in [0.15, 0.2) is 36.4 Å². The summed E-state index contributed by atoms with van der Waals surface area (Å²) >= 11 is 0. The van der Waals surface area contributed by atoms with E-state index in [9.17, 15) is 15.0 Å². The van der Waals surface area contributed by atoms with Gasteiger partial charge in [-0.1, -0.05) is 24.1 Å². The number of phenolic OH excluding ortho intramolecular Hbond substituents is 1. The fourth-order valence-electron chi connectivity index (χ4n) is 7.94. The quantitative estimate of drug-likeness (QED) is 0.637. The van der Waals surface area contributed by atoms with Crippen LogP contribution in [-0.4, -0.2) is 69.8 Å². The van der Waals surface area contributed by atoms with Crippen molar-refractivity contribution >= 4 is 5.91 Å². The summed E-state index contributed by atoms with van der Waals surface area (Å²) in [7, 11) is 1.80. The molecule has 1 spiro atoms. The van der Waals surface area contributed by atoms with Gasteiger partial charge in [-0.3, -0.25) is 9.69 Å². The number of nitrogens with zero attached hydrogens (tertiary/aromatic N) is 2. The molecule has 192 valence electrons. The normalized spacial score (nSPS) is 33.1. The zero-order chi connectivity index (χ0) is 25.5. The Hall–Kier alpha value is -3.01. The lowest BCUT2D eigenvalue weighted by Crippen LogP contribution is -2.78. The van der Waals surface area contributed by atoms with Crippen LogP contribution in [0, 0.1) is 24.7 Å². The first-order chi connectivity index (χ1) is 17.8. The number of hydrogen-bond donors (Lipinski definition) is 2. The number of carbonyl (C=O) groups excluding carboxylic acids is 1. The van der Waals surface area contributed by atoms with Gasteiger partial charge in [0.05, 0.1) is 17.1 Å². The molecule has 37 heavy (non-hydrogen) atoms. The first-order valence-electron chi connectivity index (χ1n) is 13.7. The van der Waals surface area contributed by atoms with Gasteiger partial charge in [0.25, 0.3) is 5.91 Å². The summed E-state index contributed by atoms with van der Waals surface area (Å²) in [6, 6.07) is 11.4. The highest BCUT2D eigenvalue weighted by Gasteiger charge is 2.73. The van der Waals surface area contributed by atoms with Crippen molar-refractivity contribution in [3.05, 3.63) is 58.7 Å². The summed E-state index contributed by atoms with van der Waals surface area (Å²) in [5, 5.41) is 23.4. The summed E-state index contributed by atoms with van der Waals surface area (Å²) in [6.45, 7) is 3.95. The molecule has 5 atom stereocenters. The zero-order valence-electron chi connectivity index (χ0n) is 21.5. The Morgan fingerprint density at radius 3 is 2.84 bits per heavy atom. The smallest absolute Gasteiger partial charge is 0.298 e. The fourth-order valence-corrected chi connectivity index (χ4v) is 7.94. The molecule has 3 aliphatic carbocycles. The van der Waals surface area contributed by atoms with E-state index in [4.69, 9.17) is 4.74 Å². The molecular formula is C31H34N2O4. The fraction of sp³-hybridized carbons (Fsp3) is 0.516. The van der Waals surface area contributed by atoms with Crippen molar-refractivity contribution in [3.63, 3.8) is 0 Å². The highest BCUT2D eigenvalue weighted by molar-refractivity contribution is 5.94. The zero-order valence-corrected chi connectivity index (χ0v) is 21.5. The number of carbonyl (C=O) groups is 1. The van der Waals surface area contributed by atoms with Gasteiger partial charge in [0.15, 0.2) is 11.5 Å². The average molecular weight is 499 g/mol. The third-order valence-electron chi connectivity index (χ3n) is 9.88. The molecule has 7 rings (SSSR count). The van der Waals surface area contributed by atoms with E-state index < -0.39 is 17.1 Å². The molecule has 2 aliphatic heterocycles. The molecule has 3 fully saturated rings. The van der Waals surface area contributed by atoms with Crippen LogP contribution in [0.4, 0.5) is 0 Å². The van der Waals surface area contributed by atoms with Gasteiger partial charge in [-0.2, -0.15) is 0 Å². The van der Waals surface area contributed by atoms with E-state index in [-0.39, 0.29) is 23.7 Å². The van der Waals surface area contributed by atoms with E-state index in [0.29, 0.717) is 18.6 Å². The van der Waals surface area contributed by atoms with E-state index in [0.717, 1.165) is 48.5 Å². The minimum atomic E-state index is -0.954. The molecule has 2 bridgehead atoms. The number of benzene rings is 2. The summed E-state index contributed by atoms with van der Waals surface area (Å²) in [4.78, 5) is 17.5. The first kappa shape index (κ1) is 23.1. The summed E-state index contributed by atoms with van der Waals surface area (Å²) < 4.78 is 6.60. The van der Waals surface area contributed by atoms with E-state index in [1.807, 2.05) is 37.3 Å². The SMILES string of the molecule is Cc1cccc(C#CC(=O)N(C)[C@H]2CC[C@@]3(O)[C@H]4Cc5ccc(O)c6c5[C@@]3(CCN4CC3CC3)[C@H]2O6)c1. The number of aromatic hydroxyl groups is 1. The summed E-state index contributed by atoms with van der Waals surface area (Å²) in [5.74, 6) is 6.98. The lowest BCUT2D eigenvalue weighted by atomic mass is 9.48. The highest BCUT2D eigenvalue weighted by atomic mass is 16.5. The van der Waals surface area contributed by atoms with Crippen molar-refractivity contribution < 1.29 is 19.7 Å². The van der Waals surface area contributed by atoms with Crippen molar-refractivity contribution in [2.45, 2.75) is 74.7 Å². The molecule has 6 nitrogen and oxygen atoms in total. The molecule has 1 saturated heterocycles. The van der Waals surface area contributed by atoms with E-state index in [1.54, 1.807) is 18.0 Å². The van der Waals surface area contributed by atoms with Gasteiger partial charge in [-0.25, -0.2) is 0 Å². The number of aryl methyl sites for hydroxylation is 1. The van der Waals surface area contributed by atoms with Crippen molar-refractivity contribution in [3.8, 4) is 23.3 Å². The van der Waals surface area contributed by atoms with E-state index in [1.165, 1.54) is 18.4 Å². The minimum absolute atomic E-state index is 0.0269. The Kier molecular flexibility index (Phi) is 5.00. The molecule has 2 aromatic rings. The standard InChI is InChI=1S/C31H34N2O4/c1-19-4-3-5-20(16-19)8-11-26(35)32(2)23-12-13-31(36)25-17-22-9-10-24(34)28-27(22)30(31,29(23)37-28)14-15-33(25)18-21-6-7-21/h3-5,9-10,16,21,23,25,29,34,36H,6-7,12-15,17-18H2,1-2H3/t23-,25+,29-,30-,31+/m0/s1. The number of likely N-dealkylation sites (N-methyl/N-ethyl adjacent to an activating group) is 1. The van der Waals surface area contributed by atoms with Gasteiger partial charge in [0, 0.05) is 36.7 Å². The summed E-state index contributed by atoms with van der Waals surface area (Å²) in [6.07, 6.45) is 4.90. The second-order valence-corrected chi connectivity index (χ2v) is 11.9. The third-order valence-corrected chi connectivity index (χ3v) is 9.88. The van der Waals surface area contributed by atoms with Crippen LogP contribution in [0.1, 0.15) is 54.4 Å². The van der Waals surface area contributed by atoms with Crippen LogP contribution in [0.2, 0.25) is 0 Å².